The normalized spacial score (nSPS) is 11.0. The van der Waals surface area contributed by atoms with Gasteiger partial charge < -0.3 is 4.90 Å². The van der Waals surface area contributed by atoms with Crippen molar-refractivity contribution in [2.75, 3.05) is 4.90 Å². The highest BCUT2D eigenvalue weighted by molar-refractivity contribution is 5.97. The number of anilines is 3. The van der Waals surface area contributed by atoms with Crippen LogP contribution in [0.25, 0.3) is 77.9 Å². The van der Waals surface area contributed by atoms with Crippen molar-refractivity contribution in [2.24, 2.45) is 0 Å². The number of rotatable bonds is 10. The number of benzene rings is 10. The Labute approximate surface area is 359 Å². The lowest BCUT2D eigenvalue weighted by Crippen LogP contribution is -2.11. The molecule has 0 N–H and O–H groups in total. The van der Waals surface area contributed by atoms with E-state index in [1.807, 2.05) is 0 Å². The van der Waals surface area contributed by atoms with Crippen molar-refractivity contribution in [1.82, 2.24) is 0 Å². The zero-order chi connectivity index (χ0) is 40.8. The van der Waals surface area contributed by atoms with Gasteiger partial charge in [-0.3, -0.25) is 0 Å². The number of para-hydroxylation sites is 1. The molecule has 0 aromatic heterocycles. The van der Waals surface area contributed by atoms with Gasteiger partial charge in [0.1, 0.15) is 0 Å². The maximum Gasteiger partial charge on any atom is 0.0540 e. The van der Waals surface area contributed by atoms with Crippen molar-refractivity contribution in [1.29, 1.82) is 0 Å². The first-order valence-electron chi connectivity index (χ1n) is 20.9. The van der Waals surface area contributed by atoms with E-state index in [-0.39, 0.29) is 0 Å². The molecule has 0 unspecified atom stereocenters. The monoisotopic (exact) mass is 777 g/mol. The highest BCUT2D eigenvalue weighted by Crippen LogP contribution is 2.46. The van der Waals surface area contributed by atoms with Crippen LogP contribution in [-0.4, -0.2) is 0 Å². The first-order chi connectivity index (χ1) is 30.3. The molecule has 0 fully saturated rings. The Morgan fingerprint density at radius 3 is 0.918 bits per heavy atom. The highest BCUT2D eigenvalue weighted by atomic mass is 15.1. The summed E-state index contributed by atoms with van der Waals surface area (Å²) in [7, 11) is 0. The minimum Gasteiger partial charge on any atom is -0.310 e. The maximum absolute atomic E-state index is 2.41. The Morgan fingerprint density at radius 1 is 0.180 bits per heavy atom. The second-order valence-corrected chi connectivity index (χ2v) is 15.3. The topological polar surface area (TPSA) is 3.24 Å². The molecule has 0 amide bonds. The molecule has 0 radical (unpaired) electrons. The number of hydrogen-bond donors (Lipinski definition) is 0. The fraction of sp³-hybridized carbons (Fsp3) is 0. The van der Waals surface area contributed by atoms with Gasteiger partial charge in [0.25, 0.3) is 0 Å². The quantitative estimate of drug-likeness (QED) is 0.134. The molecule has 10 aromatic carbocycles. The molecular weight excluding hydrogens is 735 g/mol. The molecule has 1 heteroatoms. The SMILES string of the molecule is c1ccc(-c2cccc(-c3ccc(N(c4ccc(-c5cccc(-c6ccccc6)c5)cc4)c4ccccc4-c4ccccc4-c4ccccc4-c4ccccc4)cc3)c2)cc1. The molecular formula is C60H43N. The van der Waals surface area contributed by atoms with Crippen LogP contribution in [0.5, 0.6) is 0 Å². The maximum atomic E-state index is 2.41. The summed E-state index contributed by atoms with van der Waals surface area (Å²) in [6.07, 6.45) is 0. The van der Waals surface area contributed by atoms with Crippen molar-refractivity contribution in [2.45, 2.75) is 0 Å². The Hall–Kier alpha value is -8.00. The van der Waals surface area contributed by atoms with E-state index in [9.17, 15) is 0 Å². The van der Waals surface area contributed by atoms with E-state index < -0.39 is 0 Å². The van der Waals surface area contributed by atoms with Crippen LogP contribution in [0.3, 0.4) is 0 Å². The molecule has 288 valence electrons. The van der Waals surface area contributed by atoms with E-state index in [0.29, 0.717) is 0 Å². The molecule has 0 heterocycles. The van der Waals surface area contributed by atoms with Gasteiger partial charge >= 0.3 is 0 Å². The van der Waals surface area contributed by atoms with Crippen LogP contribution in [-0.2, 0) is 0 Å². The largest absolute Gasteiger partial charge is 0.310 e. The zero-order valence-electron chi connectivity index (χ0n) is 33.8. The van der Waals surface area contributed by atoms with Gasteiger partial charge in [0.05, 0.1) is 5.69 Å². The van der Waals surface area contributed by atoms with E-state index in [2.05, 4.69) is 266 Å². The van der Waals surface area contributed by atoms with Crippen molar-refractivity contribution >= 4 is 17.1 Å². The first kappa shape index (κ1) is 37.3. The first-order valence-corrected chi connectivity index (χ1v) is 20.9. The van der Waals surface area contributed by atoms with E-state index in [4.69, 9.17) is 0 Å². The van der Waals surface area contributed by atoms with Gasteiger partial charge in [-0.15, -0.1) is 0 Å². The van der Waals surface area contributed by atoms with Crippen molar-refractivity contribution in [3.8, 4) is 77.9 Å². The Balaban J connectivity index is 1.09. The summed E-state index contributed by atoms with van der Waals surface area (Å²) >= 11 is 0. The summed E-state index contributed by atoms with van der Waals surface area (Å²) in [5, 5.41) is 0. The molecule has 0 saturated heterocycles. The summed E-state index contributed by atoms with van der Waals surface area (Å²) in [4.78, 5) is 2.41. The second kappa shape index (κ2) is 17.1. The lowest BCUT2D eigenvalue weighted by Gasteiger charge is -2.29. The van der Waals surface area contributed by atoms with Crippen LogP contribution in [0.1, 0.15) is 0 Å². The van der Waals surface area contributed by atoms with Crippen molar-refractivity contribution in [3.63, 3.8) is 0 Å². The van der Waals surface area contributed by atoms with Gasteiger partial charge in [-0.2, -0.15) is 0 Å². The van der Waals surface area contributed by atoms with Crippen molar-refractivity contribution < 1.29 is 0 Å². The minimum absolute atomic E-state index is 1.08. The fourth-order valence-electron chi connectivity index (χ4n) is 8.49. The molecule has 0 aliphatic carbocycles. The van der Waals surface area contributed by atoms with Gasteiger partial charge in [-0.25, -0.2) is 0 Å². The summed E-state index contributed by atoms with van der Waals surface area (Å²) in [5.41, 5.74) is 20.0. The van der Waals surface area contributed by atoms with Crippen LogP contribution in [0.15, 0.2) is 261 Å². The average Bonchev–Trinajstić information content (AvgIpc) is 3.35. The van der Waals surface area contributed by atoms with Crippen LogP contribution in [0, 0.1) is 0 Å². The van der Waals surface area contributed by atoms with Crippen LogP contribution in [0.2, 0.25) is 0 Å². The standard InChI is InChI=1S/C60H43N/c1-4-18-44(19-5-1)49-24-16-26-51(42-49)46-34-38-53(39-35-46)61(54-40-36-47(37-41-54)52-27-17-25-50(43-52)45-20-6-2-7-21-45)60-33-15-14-32-59(60)58-31-13-12-30-57(58)56-29-11-10-28-55(56)48-22-8-3-9-23-48/h1-43H. The molecule has 0 saturated carbocycles. The molecule has 0 aliphatic rings. The van der Waals surface area contributed by atoms with Crippen LogP contribution >= 0.6 is 0 Å². The van der Waals surface area contributed by atoms with E-state index >= 15 is 0 Å². The Kier molecular flexibility index (Phi) is 10.4. The third kappa shape index (κ3) is 7.81. The molecule has 1 nitrogen and oxygen atoms in total. The van der Waals surface area contributed by atoms with Gasteiger partial charge in [0.2, 0.25) is 0 Å². The van der Waals surface area contributed by atoms with E-state index in [1.54, 1.807) is 0 Å². The second-order valence-electron chi connectivity index (χ2n) is 15.3. The van der Waals surface area contributed by atoms with Gasteiger partial charge in [-0.05, 0) is 115 Å². The minimum atomic E-state index is 1.08. The summed E-state index contributed by atoms with van der Waals surface area (Å²) in [6.45, 7) is 0. The Bertz CT molecular complexity index is 2920. The van der Waals surface area contributed by atoms with E-state index in [0.717, 1.165) is 22.6 Å². The zero-order valence-corrected chi connectivity index (χ0v) is 33.8. The third-order valence-electron chi connectivity index (χ3n) is 11.5. The van der Waals surface area contributed by atoms with Crippen LogP contribution in [0.4, 0.5) is 17.1 Å². The number of hydrogen-bond acceptors (Lipinski definition) is 1. The van der Waals surface area contributed by atoms with Gasteiger partial charge in [0.15, 0.2) is 0 Å². The summed E-state index contributed by atoms with van der Waals surface area (Å²) in [6, 6.07) is 94.0. The van der Waals surface area contributed by atoms with Crippen molar-refractivity contribution in [3.05, 3.63) is 261 Å². The summed E-state index contributed by atoms with van der Waals surface area (Å²) < 4.78 is 0. The fourth-order valence-corrected chi connectivity index (χ4v) is 8.49. The lowest BCUT2D eigenvalue weighted by molar-refractivity contribution is 1.28. The molecule has 61 heavy (non-hydrogen) atoms. The number of nitrogens with zero attached hydrogens (tertiary/aromatic N) is 1. The molecule has 10 rings (SSSR count). The smallest absolute Gasteiger partial charge is 0.0540 e. The average molecular weight is 778 g/mol. The Morgan fingerprint density at radius 2 is 0.475 bits per heavy atom. The lowest BCUT2D eigenvalue weighted by atomic mass is 9.88. The van der Waals surface area contributed by atoms with E-state index in [1.165, 1.54) is 72.3 Å². The van der Waals surface area contributed by atoms with Crippen LogP contribution < -0.4 is 4.90 Å². The molecule has 0 atom stereocenters. The van der Waals surface area contributed by atoms with Gasteiger partial charge in [0, 0.05) is 16.9 Å². The summed E-state index contributed by atoms with van der Waals surface area (Å²) in [5.74, 6) is 0. The predicted octanol–water partition coefficient (Wildman–Crippen LogP) is 16.8. The van der Waals surface area contributed by atoms with Gasteiger partial charge in [-0.1, -0.05) is 218 Å². The predicted molar refractivity (Wildman–Crippen MR) is 259 cm³/mol. The molecule has 0 aliphatic heterocycles. The third-order valence-corrected chi connectivity index (χ3v) is 11.5. The molecule has 0 spiro atoms. The highest BCUT2D eigenvalue weighted by Gasteiger charge is 2.20. The molecule has 0 bridgehead atoms. The molecule has 10 aromatic rings.